The maximum absolute atomic E-state index is 13.3. The van der Waals surface area contributed by atoms with Gasteiger partial charge in [-0.05, 0) is 62.2 Å². The minimum absolute atomic E-state index is 0. The number of aromatic nitrogens is 2. The Balaban J connectivity index is 0.00000400. The van der Waals surface area contributed by atoms with Crippen LogP contribution < -0.4 is 24.1 Å². The molecule has 206 valence electrons. The Morgan fingerprint density at radius 3 is 2.58 bits per heavy atom. The van der Waals surface area contributed by atoms with Crippen molar-refractivity contribution in [1.82, 2.24) is 14.9 Å². The molecule has 2 N–H and O–H groups in total. The van der Waals surface area contributed by atoms with Crippen LogP contribution in [0.4, 0.5) is 27.0 Å². The van der Waals surface area contributed by atoms with E-state index in [9.17, 15) is 12.3 Å². The van der Waals surface area contributed by atoms with E-state index in [-0.39, 0.29) is 43.9 Å². The molecule has 0 aliphatic carbocycles. The molecular weight excluding hydrogens is 575 g/mol. The molecule has 10 nitrogen and oxygen atoms in total. The molecule has 4 rings (SSSR count). The summed E-state index contributed by atoms with van der Waals surface area (Å²) in [6.45, 7) is 5.38. The summed E-state index contributed by atoms with van der Waals surface area (Å²) < 4.78 is 51.4. The molecule has 15 heteroatoms. The molecule has 1 aromatic heterocycles. The smallest absolute Gasteiger partial charge is 0.488 e. The molecule has 0 saturated heterocycles. The number of ether oxygens (including phenoxy) is 1. The minimum Gasteiger partial charge on any atom is -0.495 e. The van der Waals surface area contributed by atoms with Crippen molar-refractivity contribution < 1.29 is 25.7 Å². The van der Waals surface area contributed by atoms with Crippen LogP contribution in [0.25, 0.3) is 0 Å². The first kappa shape index (κ1) is 30.1. The van der Waals surface area contributed by atoms with Crippen molar-refractivity contribution in [2.75, 3.05) is 44.7 Å². The van der Waals surface area contributed by atoms with Crippen molar-refractivity contribution in [3.05, 3.63) is 52.7 Å². The number of halogens is 2. The van der Waals surface area contributed by atoms with Crippen LogP contribution in [0.1, 0.15) is 11.1 Å². The summed E-state index contributed by atoms with van der Waals surface area (Å²) in [7, 11) is -2.62. The number of benzene rings is 2. The molecule has 1 unspecified atom stereocenters. The molecule has 0 bridgehead atoms. The number of nitrogens with zero attached hydrogens (tertiary/aromatic N) is 3. The summed E-state index contributed by atoms with van der Waals surface area (Å²) in [4.78, 5) is 11.0. The molecule has 0 spiro atoms. The van der Waals surface area contributed by atoms with Crippen molar-refractivity contribution in [1.29, 1.82) is 0 Å². The van der Waals surface area contributed by atoms with Crippen LogP contribution in [-0.4, -0.2) is 57.3 Å². The third kappa shape index (κ3) is 7.55. The predicted octanol–water partition coefficient (Wildman–Crippen LogP) is 5.30. The van der Waals surface area contributed by atoms with Gasteiger partial charge in [-0.25, -0.2) is 4.98 Å². The number of fused-ring (bicyclic) bond motifs is 1. The summed E-state index contributed by atoms with van der Waals surface area (Å²) in [5.74, 6) is 0.797. The second-order valence-corrected chi connectivity index (χ2v) is 11.6. The summed E-state index contributed by atoms with van der Waals surface area (Å²) in [5, 5.41) is 6.39. The quantitative estimate of drug-likeness (QED) is 0.247. The van der Waals surface area contributed by atoms with Crippen LogP contribution >= 0.6 is 29.6 Å². The standard InChI is InChI=1S/C23H26ClFN5O5PS.H3P/c1-30-9-8-14-11-20(33-2)18(10-15(14)13-30)28-23-26-12-16(24)22(29-23)27-17-6-5-7-19(35-37(25,31)32)21(17)34-36(3)4;/h5-7,10-12H,8-9,13H2,1-4H3,(H2,26,27,28,29);1H3. The molecule has 0 fully saturated rings. The van der Waals surface area contributed by atoms with E-state index in [2.05, 4.69) is 36.7 Å². The van der Waals surface area contributed by atoms with Crippen LogP contribution in [0.5, 0.6) is 17.2 Å². The maximum Gasteiger partial charge on any atom is 0.488 e. The van der Waals surface area contributed by atoms with Crippen LogP contribution in [0.3, 0.4) is 0 Å². The Hall–Kier alpha value is -2.49. The van der Waals surface area contributed by atoms with Crippen LogP contribution in [0.15, 0.2) is 36.5 Å². The molecule has 0 saturated carbocycles. The fraction of sp³-hybridized carbons (Fsp3) is 0.304. The zero-order chi connectivity index (χ0) is 26.7. The second-order valence-electron chi connectivity index (χ2n) is 8.46. The van der Waals surface area contributed by atoms with Gasteiger partial charge in [0, 0.05) is 13.1 Å². The van der Waals surface area contributed by atoms with Gasteiger partial charge < -0.3 is 29.0 Å². The van der Waals surface area contributed by atoms with Gasteiger partial charge in [0.15, 0.2) is 17.3 Å². The normalized spacial score (nSPS) is 13.3. The zero-order valence-electron chi connectivity index (χ0n) is 21.3. The lowest BCUT2D eigenvalue weighted by molar-refractivity contribution is 0.312. The van der Waals surface area contributed by atoms with Crippen molar-refractivity contribution >= 4 is 63.3 Å². The largest absolute Gasteiger partial charge is 0.495 e. The average molecular weight is 604 g/mol. The number of nitrogens with one attached hydrogen (secondary N) is 2. The molecule has 2 heterocycles. The number of methoxy groups -OCH3 is 1. The molecule has 38 heavy (non-hydrogen) atoms. The Morgan fingerprint density at radius 2 is 1.89 bits per heavy atom. The predicted molar refractivity (Wildman–Crippen MR) is 154 cm³/mol. The molecular formula is C23H29ClFN5O5P2S. The maximum atomic E-state index is 13.3. The number of anilines is 4. The number of likely N-dealkylation sites (N-methyl/N-ethyl adjacent to an activating group) is 1. The number of para-hydroxylation sites is 1. The number of hydrogen-bond donors (Lipinski definition) is 2. The van der Waals surface area contributed by atoms with Gasteiger partial charge in [0.1, 0.15) is 10.8 Å². The van der Waals surface area contributed by atoms with Gasteiger partial charge in [-0.1, -0.05) is 21.6 Å². The highest BCUT2D eigenvalue weighted by atomic mass is 35.5. The van der Waals surface area contributed by atoms with Crippen LogP contribution in [0, 0.1) is 0 Å². The Kier molecular flexibility index (Phi) is 9.95. The van der Waals surface area contributed by atoms with E-state index >= 15 is 0 Å². The SMILES string of the molecule is COc1cc2c(cc1Nc1ncc(Cl)c(Nc3cccc(OS(=O)(=O)F)c3OP(C)C)n1)CN(C)CC2.P. The van der Waals surface area contributed by atoms with Gasteiger partial charge in [-0.15, -0.1) is 0 Å². The van der Waals surface area contributed by atoms with Gasteiger partial charge in [0.05, 0.1) is 32.8 Å². The number of hydrogen-bond acceptors (Lipinski definition) is 10. The third-order valence-corrected chi connectivity index (χ3v) is 6.61. The van der Waals surface area contributed by atoms with E-state index in [4.69, 9.17) is 20.9 Å². The van der Waals surface area contributed by atoms with E-state index in [1.807, 2.05) is 12.1 Å². The average Bonchev–Trinajstić information content (AvgIpc) is 2.81. The highest BCUT2D eigenvalue weighted by Gasteiger charge is 2.21. The first-order valence-electron chi connectivity index (χ1n) is 11.1. The van der Waals surface area contributed by atoms with Crippen molar-refractivity contribution in [3.8, 4) is 17.2 Å². The van der Waals surface area contributed by atoms with E-state index < -0.39 is 18.7 Å². The Bertz CT molecular complexity index is 1420. The monoisotopic (exact) mass is 603 g/mol. The van der Waals surface area contributed by atoms with E-state index in [1.54, 1.807) is 26.5 Å². The minimum atomic E-state index is -5.27. The first-order chi connectivity index (χ1) is 17.5. The fourth-order valence-corrected chi connectivity index (χ4v) is 4.86. The lowest BCUT2D eigenvalue weighted by Gasteiger charge is -2.26. The van der Waals surface area contributed by atoms with Crippen molar-refractivity contribution in [2.45, 2.75) is 13.0 Å². The molecule has 2 aromatic carbocycles. The Labute approximate surface area is 231 Å². The molecule has 1 aliphatic heterocycles. The van der Waals surface area contributed by atoms with E-state index in [1.165, 1.54) is 29.5 Å². The topological polar surface area (TPSA) is 115 Å². The summed E-state index contributed by atoms with van der Waals surface area (Å²) in [6, 6.07) is 8.39. The molecule has 0 radical (unpaired) electrons. The van der Waals surface area contributed by atoms with Crippen LogP contribution in [-0.2, 0) is 23.5 Å². The zero-order valence-corrected chi connectivity index (χ0v) is 25.2. The molecule has 1 aliphatic rings. The number of rotatable bonds is 9. The van der Waals surface area contributed by atoms with Gasteiger partial charge in [-0.3, -0.25) is 0 Å². The van der Waals surface area contributed by atoms with Crippen molar-refractivity contribution in [3.63, 3.8) is 0 Å². The van der Waals surface area contributed by atoms with E-state index in [0.717, 1.165) is 19.5 Å². The molecule has 0 amide bonds. The summed E-state index contributed by atoms with van der Waals surface area (Å²) in [6.07, 6.45) is 2.35. The first-order valence-corrected chi connectivity index (χ1v) is 14.9. The lowest BCUT2D eigenvalue weighted by atomic mass is 9.99. The molecule has 1 atom stereocenters. The van der Waals surface area contributed by atoms with E-state index in [0.29, 0.717) is 11.4 Å². The van der Waals surface area contributed by atoms with Crippen molar-refractivity contribution in [2.24, 2.45) is 0 Å². The third-order valence-electron chi connectivity index (χ3n) is 5.41. The van der Waals surface area contributed by atoms with Crippen LogP contribution in [0.2, 0.25) is 5.02 Å². The van der Waals surface area contributed by atoms with Gasteiger partial charge in [0.25, 0.3) is 0 Å². The fourth-order valence-electron chi connectivity index (χ4n) is 3.82. The molecule has 3 aromatic rings. The lowest BCUT2D eigenvalue weighted by Crippen LogP contribution is -2.26. The summed E-state index contributed by atoms with van der Waals surface area (Å²) in [5.41, 5.74) is 3.39. The second kappa shape index (κ2) is 12.6. The highest BCUT2D eigenvalue weighted by Crippen LogP contribution is 2.44. The Morgan fingerprint density at radius 1 is 1.13 bits per heavy atom. The van der Waals surface area contributed by atoms with Gasteiger partial charge >= 0.3 is 10.5 Å². The highest BCUT2D eigenvalue weighted by molar-refractivity contribution is 7.81. The van der Waals surface area contributed by atoms with Gasteiger partial charge in [0.2, 0.25) is 5.95 Å². The van der Waals surface area contributed by atoms with Gasteiger partial charge in [-0.2, -0.15) is 23.3 Å². The summed E-state index contributed by atoms with van der Waals surface area (Å²) >= 11 is 6.35.